The molecular weight excluding hydrogens is 408 g/mol. The molecule has 0 radical (unpaired) electrons. The highest BCUT2D eigenvalue weighted by molar-refractivity contribution is 5.73. The van der Waals surface area contributed by atoms with Crippen molar-refractivity contribution in [2.45, 2.75) is 45.8 Å². The third-order valence-corrected chi connectivity index (χ3v) is 6.10. The highest BCUT2D eigenvalue weighted by Gasteiger charge is 2.27. The van der Waals surface area contributed by atoms with Gasteiger partial charge in [-0.15, -0.1) is 0 Å². The van der Waals surface area contributed by atoms with Crippen molar-refractivity contribution >= 4 is 5.82 Å². The molecule has 9 nitrogen and oxygen atoms in total. The van der Waals surface area contributed by atoms with Gasteiger partial charge in [0.25, 0.3) is 0 Å². The van der Waals surface area contributed by atoms with Crippen LogP contribution in [0.1, 0.15) is 25.0 Å². The molecule has 3 aromatic rings. The number of fused-ring (bicyclic) bond motifs is 4. The summed E-state index contributed by atoms with van der Waals surface area (Å²) in [6.45, 7) is 8.51. The van der Waals surface area contributed by atoms with E-state index in [1.54, 1.807) is 6.33 Å². The van der Waals surface area contributed by atoms with E-state index in [0.717, 1.165) is 53.9 Å². The fourth-order valence-corrected chi connectivity index (χ4v) is 4.87. The summed E-state index contributed by atoms with van der Waals surface area (Å²) in [7, 11) is 0. The molecule has 0 aliphatic carbocycles. The standard InChI is InChI=1S/C23H26N6O3/c1-15-8-27(9-16(2)32-15)10-18-5-19-22(24-7-18)28(13-29-23(19)25-12-26-29)11-17-3-4-20-21(6-17)31-14-30-20/h3-7,12,15-16H,8-11,13-14H2,1-2H3/t15-,16+. The minimum absolute atomic E-state index is 0.240. The van der Waals surface area contributed by atoms with Crippen LogP contribution in [-0.2, 0) is 24.5 Å². The van der Waals surface area contributed by atoms with Gasteiger partial charge >= 0.3 is 0 Å². The van der Waals surface area contributed by atoms with Gasteiger partial charge in [0.2, 0.25) is 6.79 Å². The summed E-state index contributed by atoms with van der Waals surface area (Å²) in [5, 5.41) is 4.44. The third-order valence-electron chi connectivity index (χ3n) is 6.10. The van der Waals surface area contributed by atoms with Crippen LogP contribution in [0, 0.1) is 0 Å². The van der Waals surface area contributed by atoms with Crippen LogP contribution >= 0.6 is 0 Å². The molecule has 9 heteroatoms. The van der Waals surface area contributed by atoms with Crippen molar-refractivity contribution < 1.29 is 14.2 Å². The first-order valence-corrected chi connectivity index (χ1v) is 11.0. The molecule has 0 saturated carbocycles. The van der Waals surface area contributed by atoms with E-state index in [0.29, 0.717) is 13.2 Å². The fraction of sp³-hybridized carbons (Fsp3) is 0.435. The number of benzene rings is 1. The van der Waals surface area contributed by atoms with Gasteiger partial charge in [-0.3, -0.25) is 4.90 Å². The number of hydrogen-bond donors (Lipinski definition) is 0. The zero-order valence-corrected chi connectivity index (χ0v) is 18.3. The van der Waals surface area contributed by atoms with Gasteiger partial charge in [0.1, 0.15) is 18.8 Å². The van der Waals surface area contributed by atoms with Gasteiger partial charge in [0, 0.05) is 32.4 Å². The van der Waals surface area contributed by atoms with E-state index in [2.05, 4.69) is 45.9 Å². The van der Waals surface area contributed by atoms with Gasteiger partial charge in [0.15, 0.2) is 17.3 Å². The maximum atomic E-state index is 5.88. The monoisotopic (exact) mass is 434 g/mol. The first kappa shape index (κ1) is 19.5. The predicted octanol–water partition coefficient (Wildman–Crippen LogP) is 2.66. The molecule has 6 rings (SSSR count). The van der Waals surface area contributed by atoms with Crippen molar-refractivity contribution in [1.82, 2.24) is 24.6 Å². The van der Waals surface area contributed by atoms with E-state index >= 15 is 0 Å². The van der Waals surface area contributed by atoms with Gasteiger partial charge in [0.05, 0.1) is 17.8 Å². The third kappa shape index (κ3) is 3.57. The summed E-state index contributed by atoms with van der Waals surface area (Å²) in [6, 6.07) is 8.27. The van der Waals surface area contributed by atoms with Crippen molar-refractivity contribution in [1.29, 1.82) is 0 Å². The zero-order chi connectivity index (χ0) is 21.7. The topological polar surface area (TPSA) is 77.8 Å². The van der Waals surface area contributed by atoms with Crippen LogP contribution in [0.3, 0.4) is 0 Å². The molecule has 1 saturated heterocycles. The minimum Gasteiger partial charge on any atom is -0.454 e. The predicted molar refractivity (Wildman–Crippen MR) is 117 cm³/mol. The Morgan fingerprint density at radius 2 is 1.81 bits per heavy atom. The van der Waals surface area contributed by atoms with Gasteiger partial charge in [-0.2, -0.15) is 5.10 Å². The fourth-order valence-electron chi connectivity index (χ4n) is 4.87. The number of ether oxygens (including phenoxy) is 3. The van der Waals surface area contributed by atoms with Crippen LogP contribution in [0.25, 0.3) is 11.4 Å². The Morgan fingerprint density at radius 3 is 2.69 bits per heavy atom. The summed E-state index contributed by atoms with van der Waals surface area (Å²) < 4.78 is 18.8. The highest BCUT2D eigenvalue weighted by Crippen LogP contribution is 2.36. The average Bonchev–Trinajstić information content (AvgIpc) is 3.42. The van der Waals surface area contributed by atoms with Gasteiger partial charge in [-0.1, -0.05) is 6.07 Å². The molecule has 0 N–H and O–H groups in total. The molecule has 1 fully saturated rings. The molecule has 2 aromatic heterocycles. The van der Waals surface area contributed by atoms with Crippen LogP contribution in [0.15, 0.2) is 36.8 Å². The van der Waals surface area contributed by atoms with Crippen molar-refractivity contribution in [3.63, 3.8) is 0 Å². The van der Waals surface area contributed by atoms with Gasteiger partial charge in [-0.05, 0) is 43.2 Å². The molecule has 0 amide bonds. The average molecular weight is 435 g/mol. The van der Waals surface area contributed by atoms with E-state index in [1.807, 2.05) is 23.0 Å². The van der Waals surface area contributed by atoms with E-state index in [-0.39, 0.29) is 19.0 Å². The maximum Gasteiger partial charge on any atom is 0.231 e. The summed E-state index contributed by atoms with van der Waals surface area (Å²) in [4.78, 5) is 14.0. The first-order valence-electron chi connectivity index (χ1n) is 11.0. The highest BCUT2D eigenvalue weighted by atomic mass is 16.7. The lowest BCUT2D eigenvalue weighted by molar-refractivity contribution is -0.0705. The number of pyridine rings is 1. The zero-order valence-electron chi connectivity index (χ0n) is 18.3. The van der Waals surface area contributed by atoms with E-state index in [4.69, 9.17) is 19.2 Å². The molecule has 1 aromatic carbocycles. The number of nitrogens with zero attached hydrogens (tertiary/aromatic N) is 6. The van der Waals surface area contributed by atoms with Crippen molar-refractivity contribution in [2.75, 3.05) is 24.8 Å². The van der Waals surface area contributed by atoms with Crippen molar-refractivity contribution in [3.05, 3.63) is 47.9 Å². The smallest absolute Gasteiger partial charge is 0.231 e. The lowest BCUT2D eigenvalue weighted by atomic mass is 10.1. The number of anilines is 1. The maximum absolute atomic E-state index is 5.88. The summed E-state index contributed by atoms with van der Waals surface area (Å²) >= 11 is 0. The summed E-state index contributed by atoms with van der Waals surface area (Å²) in [5.41, 5.74) is 3.32. The van der Waals surface area contributed by atoms with Crippen molar-refractivity contribution in [2.24, 2.45) is 0 Å². The molecule has 0 bridgehead atoms. The van der Waals surface area contributed by atoms with Crippen molar-refractivity contribution in [3.8, 4) is 22.9 Å². The number of morpholine rings is 1. The molecule has 0 spiro atoms. The SMILES string of the molecule is C[C@@H]1CN(Cc2cnc3c(c2)-c2ncnn2CN3Cc2ccc3c(c2)OCO3)C[C@H](C)O1. The summed E-state index contributed by atoms with van der Waals surface area (Å²) in [5.74, 6) is 3.37. The lowest BCUT2D eigenvalue weighted by Gasteiger charge is -2.35. The Hall–Kier alpha value is -3.17. The Bertz CT molecular complexity index is 1140. The number of aromatic nitrogens is 4. The molecular formula is C23H26N6O3. The van der Waals surface area contributed by atoms with Gasteiger partial charge < -0.3 is 19.1 Å². The quantitative estimate of drug-likeness (QED) is 0.620. The van der Waals surface area contributed by atoms with Crippen LogP contribution < -0.4 is 14.4 Å². The second-order valence-electron chi connectivity index (χ2n) is 8.78. The Kier molecular flexibility index (Phi) is 4.73. The van der Waals surface area contributed by atoms with Crippen LogP contribution in [0.2, 0.25) is 0 Å². The Balaban J connectivity index is 1.28. The van der Waals surface area contributed by atoms with E-state index in [9.17, 15) is 0 Å². The molecule has 0 unspecified atom stereocenters. The number of rotatable bonds is 4. The largest absolute Gasteiger partial charge is 0.454 e. The molecule has 3 aliphatic rings. The van der Waals surface area contributed by atoms with E-state index < -0.39 is 0 Å². The number of hydrogen-bond acceptors (Lipinski definition) is 8. The van der Waals surface area contributed by atoms with Crippen LogP contribution in [0.5, 0.6) is 11.5 Å². The second kappa shape index (κ2) is 7.75. The normalized spacial score (nSPS) is 22.0. The van der Waals surface area contributed by atoms with Crippen LogP contribution in [0.4, 0.5) is 5.82 Å². The first-order chi connectivity index (χ1) is 15.6. The molecule has 2 atom stereocenters. The Labute approximate surface area is 186 Å². The molecule has 3 aliphatic heterocycles. The molecule has 32 heavy (non-hydrogen) atoms. The molecule has 166 valence electrons. The van der Waals surface area contributed by atoms with E-state index in [1.165, 1.54) is 5.56 Å². The van der Waals surface area contributed by atoms with Gasteiger partial charge in [-0.25, -0.2) is 14.6 Å². The summed E-state index contributed by atoms with van der Waals surface area (Å²) in [6.07, 6.45) is 4.08. The second-order valence-corrected chi connectivity index (χ2v) is 8.78. The Morgan fingerprint density at radius 1 is 0.969 bits per heavy atom. The lowest BCUT2D eigenvalue weighted by Crippen LogP contribution is -2.44. The minimum atomic E-state index is 0.240. The van der Waals surface area contributed by atoms with Crippen LogP contribution in [-0.4, -0.2) is 56.7 Å². The molecule has 5 heterocycles.